The number of hydrogen-bond acceptors (Lipinski definition) is 8. The summed E-state index contributed by atoms with van der Waals surface area (Å²) in [6.07, 6.45) is 3.14. The first-order chi connectivity index (χ1) is 21.4. The lowest BCUT2D eigenvalue weighted by molar-refractivity contribution is -0.139. The van der Waals surface area contributed by atoms with Crippen molar-refractivity contribution in [2.75, 3.05) is 20.8 Å². The van der Waals surface area contributed by atoms with Gasteiger partial charge in [0.15, 0.2) is 4.80 Å². The molecule has 0 aliphatic carbocycles. The summed E-state index contributed by atoms with van der Waals surface area (Å²) in [5, 5.41) is 0. The molecule has 1 aliphatic rings. The Hall–Kier alpha value is -4.63. The summed E-state index contributed by atoms with van der Waals surface area (Å²) in [7, 11) is 3.13. The number of ether oxygens (including phenoxy) is 4. The quantitative estimate of drug-likeness (QED) is 0.209. The van der Waals surface area contributed by atoms with Crippen LogP contribution >= 0.6 is 11.3 Å². The molecule has 0 spiro atoms. The van der Waals surface area contributed by atoms with E-state index >= 15 is 0 Å². The number of nitrogens with zero attached hydrogens (tertiary/aromatic N) is 2. The zero-order valence-electron chi connectivity index (χ0n) is 25.6. The van der Waals surface area contributed by atoms with Gasteiger partial charge in [0, 0.05) is 5.56 Å². The average molecular weight is 613 g/mol. The first kappa shape index (κ1) is 30.8. The third kappa shape index (κ3) is 6.48. The van der Waals surface area contributed by atoms with Crippen molar-refractivity contribution in [2.45, 2.75) is 46.3 Å². The fourth-order valence-corrected chi connectivity index (χ4v) is 6.15. The van der Waals surface area contributed by atoms with Gasteiger partial charge in [-0.3, -0.25) is 9.36 Å². The lowest BCUT2D eigenvalue weighted by Crippen LogP contribution is -2.40. The number of fused-ring (bicyclic) bond motifs is 1. The van der Waals surface area contributed by atoms with Gasteiger partial charge in [0.25, 0.3) is 5.56 Å². The standard InChI is InChI=1S/C35H36N2O6S/c1-6-8-28-31(34(39)42-7-2)32(27-20-26(40-4)17-18-29(27)41-5)37-33(38)30(44-35(37)36-28)19-23-13-15-25(16-14-23)43-21-24-11-9-22(3)10-12-24/h9-20,32H,6-8,21H2,1-5H3/b30-19-/t32-/m0/s1. The Morgan fingerprint density at radius 1 is 0.977 bits per heavy atom. The number of benzene rings is 3. The molecule has 8 nitrogen and oxygen atoms in total. The van der Waals surface area contributed by atoms with Crippen molar-refractivity contribution < 1.29 is 23.7 Å². The number of allylic oxidation sites excluding steroid dienone is 1. The number of aryl methyl sites for hydroxylation is 1. The average Bonchev–Trinajstić information content (AvgIpc) is 3.34. The van der Waals surface area contributed by atoms with Gasteiger partial charge in [-0.15, -0.1) is 0 Å². The molecule has 44 heavy (non-hydrogen) atoms. The van der Waals surface area contributed by atoms with Crippen molar-refractivity contribution in [3.05, 3.63) is 120 Å². The lowest BCUT2D eigenvalue weighted by Gasteiger charge is -2.27. The van der Waals surface area contributed by atoms with Gasteiger partial charge in [-0.2, -0.15) is 0 Å². The second-order valence-electron chi connectivity index (χ2n) is 10.4. The normalized spacial score (nSPS) is 14.6. The van der Waals surface area contributed by atoms with Crippen LogP contribution in [0.1, 0.15) is 55.0 Å². The van der Waals surface area contributed by atoms with Gasteiger partial charge in [0.1, 0.15) is 29.9 Å². The number of hydrogen-bond donors (Lipinski definition) is 0. The highest BCUT2D eigenvalue weighted by molar-refractivity contribution is 7.07. The Kier molecular flexibility index (Phi) is 9.65. The molecule has 4 aromatic rings. The van der Waals surface area contributed by atoms with E-state index in [0.717, 1.165) is 23.3 Å². The lowest BCUT2D eigenvalue weighted by atomic mass is 9.93. The highest BCUT2D eigenvalue weighted by atomic mass is 32.1. The maximum Gasteiger partial charge on any atom is 0.338 e. The predicted molar refractivity (Wildman–Crippen MR) is 171 cm³/mol. The molecular weight excluding hydrogens is 576 g/mol. The van der Waals surface area contributed by atoms with Crippen molar-refractivity contribution in [1.29, 1.82) is 0 Å². The molecule has 0 saturated heterocycles. The molecule has 0 fully saturated rings. The van der Waals surface area contributed by atoms with Crippen LogP contribution in [-0.4, -0.2) is 31.4 Å². The van der Waals surface area contributed by atoms with E-state index in [1.165, 1.54) is 16.9 Å². The van der Waals surface area contributed by atoms with E-state index in [1.807, 2.05) is 37.3 Å². The van der Waals surface area contributed by atoms with Crippen molar-refractivity contribution in [2.24, 2.45) is 4.99 Å². The number of carbonyl (C=O) groups is 1. The van der Waals surface area contributed by atoms with Crippen LogP contribution in [0.2, 0.25) is 0 Å². The van der Waals surface area contributed by atoms with E-state index in [0.29, 0.717) is 50.7 Å². The minimum absolute atomic E-state index is 0.193. The Bertz CT molecular complexity index is 1850. The van der Waals surface area contributed by atoms with E-state index < -0.39 is 12.0 Å². The molecule has 0 saturated carbocycles. The molecule has 0 amide bonds. The Morgan fingerprint density at radius 3 is 2.36 bits per heavy atom. The second-order valence-corrected chi connectivity index (χ2v) is 11.4. The zero-order chi connectivity index (χ0) is 31.2. The molecule has 3 aromatic carbocycles. The molecule has 9 heteroatoms. The van der Waals surface area contributed by atoms with Crippen molar-refractivity contribution in [3.8, 4) is 17.2 Å². The minimum atomic E-state index is -0.809. The van der Waals surface area contributed by atoms with Crippen LogP contribution in [0.3, 0.4) is 0 Å². The molecule has 0 bridgehead atoms. The van der Waals surface area contributed by atoms with Crippen LogP contribution < -0.4 is 29.1 Å². The first-order valence-electron chi connectivity index (χ1n) is 14.6. The maximum absolute atomic E-state index is 14.1. The monoisotopic (exact) mass is 612 g/mol. The molecule has 1 aliphatic heterocycles. The molecule has 0 radical (unpaired) electrons. The summed E-state index contributed by atoms with van der Waals surface area (Å²) in [4.78, 5) is 32.9. The molecule has 1 atom stereocenters. The molecule has 0 N–H and O–H groups in total. The van der Waals surface area contributed by atoms with Crippen LogP contribution in [0.15, 0.2) is 87.8 Å². The van der Waals surface area contributed by atoms with Gasteiger partial charge >= 0.3 is 5.97 Å². The largest absolute Gasteiger partial charge is 0.497 e. The SMILES string of the molecule is CCCC1=C(C(=O)OCC)[C@H](c2cc(OC)ccc2OC)n2c(s/c(=C\c3ccc(OCc4ccc(C)cc4)cc3)c2=O)=N1. The summed E-state index contributed by atoms with van der Waals surface area (Å²) >= 11 is 1.29. The molecule has 228 valence electrons. The zero-order valence-corrected chi connectivity index (χ0v) is 26.4. The highest BCUT2D eigenvalue weighted by Crippen LogP contribution is 2.38. The van der Waals surface area contributed by atoms with Crippen molar-refractivity contribution in [1.82, 2.24) is 4.57 Å². The number of thiazole rings is 1. The Morgan fingerprint density at radius 2 is 1.70 bits per heavy atom. The van der Waals surface area contributed by atoms with Gasteiger partial charge in [0.2, 0.25) is 0 Å². The van der Waals surface area contributed by atoms with Crippen LogP contribution in [0, 0.1) is 6.92 Å². The van der Waals surface area contributed by atoms with Gasteiger partial charge < -0.3 is 18.9 Å². The van der Waals surface area contributed by atoms with E-state index in [9.17, 15) is 9.59 Å². The van der Waals surface area contributed by atoms with Gasteiger partial charge in [-0.1, -0.05) is 66.6 Å². The number of carbonyl (C=O) groups excluding carboxylic acids is 1. The van der Waals surface area contributed by atoms with Gasteiger partial charge in [-0.05, 0) is 67.8 Å². The van der Waals surface area contributed by atoms with E-state index in [2.05, 4.69) is 31.2 Å². The fourth-order valence-electron chi connectivity index (χ4n) is 5.13. The first-order valence-corrected chi connectivity index (χ1v) is 15.4. The second kappa shape index (κ2) is 13.8. The number of rotatable bonds is 11. The summed E-state index contributed by atoms with van der Waals surface area (Å²) in [5.41, 5.74) is 4.41. The van der Waals surface area contributed by atoms with Crippen LogP contribution in [-0.2, 0) is 16.1 Å². The molecule has 1 aromatic heterocycles. The van der Waals surface area contributed by atoms with E-state index in [4.69, 9.17) is 23.9 Å². The molecule has 5 rings (SSSR count). The van der Waals surface area contributed by atoms with Crippen LogP contribution in [0.25, 0.3) is 6.08 Å². The smallest absolute Gasteiger partial charge is 0.338 e. The third-order valence-corrected chi connectivity index (χ3v) is 8.31. The molecule has 0 unspecified atom stereocenters. The van der Waals surface area contributed by atoms with Crippen LogP contribution in [0.4, 0.5) is 0 Å². The van der Waals surface area contributed by atoms with E-state index in [1.54, 1.807) is 43.9 Å². The summed E-state index contributed by atoms with van der Waals surface area (Å²) in [6, 6.07) is 20.4. The van der Waals surface area contributed by atoms with E-state index in [-0.39, 0.29) is 12.2 Å². The fraction of sp³-hybridized carbons (Fsp3) is 0.286. The number of esters is 1. The van der Waals surface area contributed by atoms with Crippen LogP contribution in [0.5, 0.6) is 17.2 Å². The Balaban J connectivity index is 1.58. The topological polar surface area (TPSA) is 88.4 Å². The Labute approximate surface area is 260 Å². The van der Waals surface area contributed by atoms with Crippen molar-refractivity contribution in [3.63, 3.8) is 0 Å². The summed E-state index contributed by atoms with van der Waals surface area (Å²) in [5.74, 6) is 1.32. The summed E-state index contributed by atoms with van der Waals surface area (Å²) < 4.78 is 24.7. The highest BCUT2D eigenvalue weighted by Gasteiger charge is 2.36. The maximum atomic E-state index is 14.1. The molecule has 2 heterocycles. The van der Waals surface area contributed by atoms with Crippen molar-refractivity contribution >= 4 is 23.4 Å². The number of methoxy groups -OCH3 is 2. The van der Waals surface area contributed by atoms with Gasteiger partial charge in [0.05, 0.1) is 36.6 Å². The molecular formula is C35H36N2O6S. The third-order valence-electron chi connectivity index (χ3n) is 7.33. The predicted octanol–water partition coefficient (Wildman–Crippen LogP) is 5.48. The number of aromatic nitrogens is 1. The minimum Gasteiger partial charge on any atom is -0.497 e. The van der Waals surface area contributed by atoms with Gasteiger partial charge in [-0.25, -0.2) is 9.79 Å². The summed E-state index contributed by atoms with van der Waals surface area (Å²) in [6.45, 7) is 6.50.